The molecule has 100 valence electrons. The average Bonchev–Trinajstić information content (AvgIpc) is 3.20. The van der Waals surface area contributed by atoms with Gasteiger partial charge in [0.2, 0.25) is 0 Å². The van der Waals surface area contributed by atoms with Gasteiger partial charge in [-0.25, -0.2) is 0 Å². The number of aliphatic hydroxyl groups excluding tert-OH is 1. The predicted molar refractivity (Wildman–Crippen MR) is 73.7 cm³/mol. The molecule has 0 spiro atoms. The van der Waals surface area contributed by atoms with Crippen molar-refractivity contribution in [3.63, 3.8) is 0 Å². The second-order valence-electron chi connectivity index (χ2n) is 5.96. The van der Waals surface area contributed by atoms with Crippen LogP contribution in [0.1, 0.15) is 62.7 Å². The highest BCUT2D eigenvalue weighted by atomic mass is 16.5. The van der Waals surface area contributed by atoms with Crippen molar-refractivity contribution in [2.75, 3.05) is 7.11 Å². The quantitative estimate of drug-likeness (QED) is 0.829. The van der Waals surface area contributed by atoms with Gasteiger partial charge in [0.1, 0.15) is 0 Å². The topological polar surface area (TPSA) is 29.5 Å². The normalized spacial score (nSPS) is 17.8. The maximum Gasteiger partial charge on any atom is 0.0791 e. The monoisotopic (exact) mass is 248 g/mol. The number of rotatable bonds is 6. The molecule has 0 radical (unpaired) electrons. The van der Waals surface area contributed by atoms with Crippen molar-refractivity contribution in [1.29, 1.82) is 0 Å². The number of benzene rings is 1. The molecule has 0 aliphatic heterocycles. The zero-order chi connectivity index (χ0) is 13.2. The second-order valence-corrected chi connectivity index (χ2v) is 5.96. The van der Waals surface area contributed by atoms with Gasteiger partial charge in [-0.05, 0) is 56.6 Å². The standard InChI is InChI=1S/C16H24O2/c1-16(2,18-3)10-9-15(17)14-6-4-5-13(11-14)12-7-8-12/h4-6,11-12,15,17H,7-10H2,1-3H3. The Morgan fingerprint density at radius 2 is 2.11 bits per heavy atom. The molecule has 0 bridgehead atoms. The summed E-state index contributed by atoms with van der Waals surface area (Å²) in [6.45, 7) is 4.11. The molecule has 0 amide bonds. The fraction of sp³-hybridized carbons (Fsp3) is 0.625. The average molecular weight is 248 g/mol. The summed E-state index contributed by atoms with van der Waals surface area (Å²) in [6, 6.07) is 8.43. The smallest absolute Gasteiger partial charge is 0.0791 e. The van der Waals surface area contributed by atoms with E-state index >= 15 is 0 Å². The van der Waals surface area contributed by atoms with E-state index in [1.807, 2.05) is 6.07 Å². The second kappa shape index (κ2) is 5.41. The Hall–Kier alpha value is -0.860. The van der Waals surface area contributed by atoms with E-state index in [1.165, 1.54) is 18.4 Å². The summed E-state index contributed by atoms with van der Waals surface area (Å²) in [4.78, 5) is 0. The van der Waals surface area contributed by atoms with Crippen molar-refractivity contribution < 1.29 is 9.84 Å². The fourth-order valence-corrected chi connectivity index (χ4v) is 2.19. The lowest BCUT2D eigenvalue weighted by Gasteiger charge is -2.24. The van der Waals surface area contributed by atoms with Crippen LogP contribution < -0.4 is 0 Å². The van der Waals surface area contributed by atoms with Crippen molar-refractivity contribution in [2.24, 2.45) is 0 Å². The minimum Gasteiger partial charge on any atom is -0.388 e. The highest BCUT2D eigenvalue weighted by molar-refractivity contribution is 5.30. The van der Waals surface area contributed by atoms with Crippen LogP contribution >= 0.6 is 0 Å². The maximum absolute atomic E-state index is 10.3. The molecule has 2 nitrogen and oxygen atoms in total. The maximum atomic E-state index is 10.3. The van der Waals surface area contributed by atoms with Crippen molar-refractivity contribution >= 4 is 0 Å². The van der Waals surface area contributed by atoms with Crippen molar-refractivity contribution in [2.45, 2.75) is 57.2 Å². The van der Waals surface area contributed by atoms with Crippen LogP contribution in [-0.2, 0) is 4.74 Å². The highest BCUT2D eigenvalue weighted by Gasteiger charge is 2.24. The van der Waals surface area contributed by atoms with E-state index in [4.69, 9.17) is 4.74 Å². The Balaban J connectivity index is 1.95. The van der Waals surface area contributed by atoms with Crippen molar-refractivity contribution in [3.05, 3.63) is 35.4 Å². The van der Waals surface area contributed by atoms with Gasteiger partial charge in [0.05, 0.1) is 11.7 Å². The zero-order valence-corrected chi connectivity index (χ0v) is 11.6. The molecule has 1 fully saturated rings. The van der Waals surface area contributed by atoms with Gasteiger partial charge in [0.25, 0.3) is 0 Å². The Morgan fingerprint density at radius 1 is 1.39 bits per heavy atom. The summed E-state index contributed by atoms with van der Waals surface area (Å²) in [5.74, 6) is 0.743. The van der Waals surface area contributed by atoms with E-state index in [0.29, 0.717) is 0 Å². The minimum atomic E-state index is -0.377. The molecule has 1 atom stereocenters. The van der Waals surface area contributed by atoms with Gasteiger partial charge in [0.15, 0.2) is 0 Å². The van der Waals surface area contributed by atoms with E-state index in [0.717, 1.165) is 24.3 Å². The largest absolute Gasteiger partial charge is 0.388 e. The third kappa shape index (κ3) is 3.56. The van der Waals surface area contributed by atoms with Crippen LogP contribution in [0.4, 0.5) is 0 Å². The first kappa shape index (κ1) is 13.6. The lowest BCUT2D eigenvalue weighted by molar-refractivity contribution is 0.00278. The van der Waals surface area contributed by atoms with Crippen LogP contribution in [-0.4, -0.2) is 17.8 Å². The van der Waals surface area contributed by atoms with Crippen LogP contribution in [0.3, 0.4) is 0 Å². The molecule has 1 N–H and O–H groups in total. The van der Waals surface area contributed by atoms with Crippen molar-refractivity contribution in [1.82, 2.24) is 0 Å². The number of hydrogen-bond donors (Lipinski definition) is 1. The molecule has 1 unspecified atom stereocenters. The number of hydrogen-bond acceptors (Lipinski definition) is 2. The van der Waals surface area contributed by atoms with Gasteiger partial charge < -0.3 is 9.84 Å². The molecule has 1 aromatic rings. The fourth-order valence-electron chi connectivity index (χ4n) is 2.19. The van der Waals surface area contributed by atoms with Gasteiger partial charge in [0, 0.05) is 7.11 Å². The lowest BCUT2D eigenvalue weighted by Crippen LogP contribution is -2.23. The molecular weight excluding hydrogens is 224 g/mol. The van der Waals surface area contributed by atoms with Crippen LogP contribution in [0.5, 0.6) is 0 Å². The molecule has 1 saturated carbocycles. The van der Waals surface area contributed by atoms with Crippen LogP contribution in [0.25, 0.3) is 0 Å². The molecule has 1 aliphatic rings. The highest BCUT2D eigenvalue weighted by Crippen LogP contribution is 2.40. The van der Waals surface area contributed by atoms with E-state index in [2.05, 4.69) is 32.0 Å². The first-order valence-electron chi connectivity index (χ1n) is 6.85. The van der Waals surface area contributed by atoms with Gasteiger partial charge in [-0.3, -0.25) is 0 Å². The molecule has 2 heteroatoms. The van der Waals surface area contributed by atoms with Crippen LogP contribution in [0.2, 0.25) is 0 Å². The molecule has 18 heavy (non-hydrogen) atoms. The number of aliphatic hydroxyl groups is 1. The lowest BCUT2D eigenvalue weighted by atomic mass is 9.95. The summed E-state index contributed by atoms with van der Waals surface area (Å²) >= 11 is 0. The first-order valence-corrected chi connectivity index (χ1v) is 6.85. The molecule has 0 saturated heterocycles. The SMILES string of the molecule is COC(C)(C)CCC(O)c1cccc(C2CC2)c1. The Bertz CT molecular complexity index is 394. The van der Waals surface area contributed by atoms with Gasteiger partial charge >= 0.3 is 0 Å². The van der Waals surface area contributed by atoms with E-state index < -0.39 is 0 Å². The third-order valence-corrected chi connectivity index (χ3v) is 3.92. The van der Waals surface area contributed by atoms with Crippen LogP contribution in [0.15, 0.2) is 24.3 Å². The molecule has 1 aliphatic carbocycles. The molecule has 1 aromatic carbocycles. The summed E-state index contributed by atoms with van der Waals surface area (Å²) in [7, 11) is 1.72. The summed E-state index contributed by atoms with van der Waals surface area (Å²) in [5.41, 5.74) is 2.28. The summed E-state index contributed by atoms with van der Waals surface area (Å²) in [6.07, 6.45) is 3.83. The van der Waals surface area contributed by atoms with E-state index in [1.54, 1.807) is 7.11 Å². The summed E-state index contributed by atoms with van der Waals surface area (Å²) < 4.78 is 5.38. The first-order chi connectivity index (χ1) is 8.52. The molecule has 0 aromatic heterocycles. The Kier molecular flexibility index (Phi) is 4.08. The van der Waals surface area contributed by atoms with Gasteiger partial charge in [-0.15, -0.1) is 0 Å². The molecule has 0 heterocycles. The van der Waals surface area contributed by atoms with Crippen LogP contribution in [0, 0.1) is 0 Å². The third-order valence-electron chi connectivity index (χ3n) is 3.92. The van der Waals surface area contributed by atoms with Crippen molar-refractivity contribution in [3.8, 4) is 0 Å². The Morgan fingerprint density at radius 3 is 2.72 bits per heavy atom. The van der Waals surface area contributed by atoms with Gasteiger partial charge in [-0.1, -0.05) is 24.3 Å². The minimum absolute atomic E-state index is 0.158. The number of ether oxygens (including phenoxy) is 1. The molecular formula is C16H24O2. The number of methoxy groups -OCH3 is 1. The molecule has 2 rings (SSSR count). The van der Waals surface area contributed by atoms with Gasteiger partial charge in [-0.2, -0.15) is 0 Å². The Labute approximate surface area is 110 Å². The zero-order valence-electron chi connectivity index (χ0n) is 11.6. The summed E-state index contributed by atoms with van der Waals surface area (Å²) in [5, 5.41) is 10.3. The van der Waals surface area contributed by atoms with E-state index in [-0.39, 0.29) is 11.7 Å². The van der Waals surface area contributed by atoms with E-state index in [9.17, 15) is 5.11 Å². The predicted octanol–water partition coefficient (Wildman–Crippen LogP) is 3.80.